The number of aromatic nitrogens is 1. The highest BCUT2D eigenvalue weighted by Crippen LogP contribution is 2.42. The molecule has 1 atom stereocenters. The average Bonchev–Trinajstić information content (AvgIpc) is 3.33. The van der Waals surface area contributed by atoms with Crippen LogP contribution in [0, 0.1) is 13.8 Å². The number of nitrogens with one attached hydrogen (secondary N) is 1. The maximum atomic E-state index is 12.5. The lowest BCUT2D eigenvalue weighted by atomic mass is 9.99. The number of fused-ring (bicyclic) bond motifs is 1. The van der Waals surface area contributed by atoms with Crippen molar-refractivity contribution in [3.05, 3.63) is 56.5 Å². The first kappa shape index (κ1) is 21.5. The molecule has 8 heteroatoms. The molecule has 2 aromatic carbocycles. The topological polar surface area (TPSA) is 69.7 Å². The van der Waals surface area contributed by atoms with E-state index in [1.54, 1.807) is 14.2 Å². The highest BCUT2D eigenvalue weighted by atomic mass is 35.5. The monoisotopic (exact) mass is 458 g/mol. The smallest absolute Gasteiger partial charge is 0.263 e. The van der Waals surface area contributed by atoms with E-state index >= 15 is 0 Å². The minimum absolute atomic E-state index is 0.129. The number of ether oxygens (including phenoxy) is 3. The molecule has 1 amide bonds. The van der Waals surface area contributed by atoms with Gasteiger partial charge in [-0.25, -0.2) is 4.98 Å². The number of halogens is 1. The van der Waals surface area contributed by atoms with Crippen LogP contribution in [-0.2, 0) is 6.42 Å². The fourth-order valence-corrected chi connectivity index (χ4v) is 4.85. The van der Waals surface area contributed by atoms with Crippen LogP contribution in [0.3, 0.4) is 0 Å². The molecular weight excluding hydrogens is 436 g/mol. The van der Waals surface area contributed by atoms with Gasteiger partial charge in [-0.2, -0.15) is 0 Å². The largest absolute Gasteiger partial charge is 0.497 e. The molecule has 3 aromatic rings. The summed E-state index contributed by atoms with van der Waals surface area (Å²) in [5, 5.41) is 4.36. The molecule has 0 spiro atoms. The molecule has 0 aliphatic carbocycles. The van der Waals surface area contributed by atoms with Gasteiger partial charge in [0, 0.05) is 17.5 Å². The highest BCUT2D eigenvalue weighted by molar-refractivity contribution is 7.13. The lowest BCUT2D eigenvalue weighted by Crippen LogP contribution is -2.34. The lowest BCUT2D eigenvalue weighted by Gasteiger charge is -2.13. The van der Waals surface area contributed by atoms with Crippen LogP contribution in [0.1, 0.15) is 25.9 Å². The first-order valence-electron chi connectivity index (χ1n) is 9.83. The molecule has 0 fully saturated rings. The molecule has 0 saturated carbocycles. The number of benzene rings is 2. The number of amides is 1. The number of hydrogen-bond donors (Lipinski definition) is 1. The number of hydrogen-bond acceptors (Lipinski definition) is 6. The van der Waals surface area contributed by atoms with E-state index in [-0.39, 0.29) is 12.0 Å². The van der Waals surface area contributed by atoms with Crippen LogP contribution in [0.15, 0.2) is 30.3 Å². The van der Waals surface area contributed by atoms with E-state index in [2.05, 4.69) is 16.4 Å². The van der Waals surface area contributed by atoms with E-state index in [0.717, 1.165) is 38.9 Å². The molecule has 162 valence electrons. The van der Waals surface area contributed by atoms with Crippen LogP contribution >= 0.6 is 22.9 Å². The summed E-state index contributed by atoms with van der Waals surface area (Å²) in [6.45, 7) is 4.12. The van der Waals surface area contributed by atoms with Gasteiger partial charge in [0.1, 0.15) is 28.2 Å². The summed E-state index contributed by atoms with van der Waals surface area (Å²) in [6.07, 6.45) is 0.462. The van der Waals surface area contributed by atoms with Gasteiger partial charge in [0.05, 0.1) is 36.5 Å². The Balaban J connectivity index is 1.52. The van der Waals surface area contributed by atoms with Crippen molar-refractivity contribution in [3.8, 4) is 28.4 Å². The van der Waals surface area contributed by atoms with Gasteiger partial charge in [0.15, 0.2) is 0 Å². The number of carbonyl (C=O) groups is 1. The van der Waals surface area contributed by atoms with Crippen LogP contribution in [0.4, 0.5) is 0 Å². The Labute approximate surface area is 190 Å². The highest BCUT2D eigenvalue weighted by Gasteiger charge is 2.27. The molecule has 1 aliphatic heterocycles. The van der Waals surface area contributed by atoms with Crippen molar-refractivity contribution in [1.29, 1.82) is 0 Å². The zero-order chi connectivity index (χ0) is 22.1. The first-order chi connectivity index (χ1) is 14.9. The third kappa shape index (κ3) is 4.34. The minimum Gasteiger partial charge on any atom is -0.497 e. The molecule has 1 aliphatic rings. The summed E-state index contributed by atoms with van der Waals surface area (Å²) in [5.74, 6) is 2.00. The SMILES string of the molecule is COc1ccc(OC)c(-c2cc(Cl)c3c(c2)C[C@@H](CNC(=O)c2sc(C)nc2C)O3)c1. The second-order valence-corrected chi connectivity index (χ2v) is 8.92. The van der Waals surface area contributed by atoms with Crippen molar-refractivity contribution >= 4 is 28.8 Å². The summed E-state index contributed by atoms with van der Waals surface area (Å²) in [5.41, 5.74) is 3.55. The van der Waals surface area contributed by atoms with Crippen molar-refractivity contribution in [2.45, 2.75) is 26.4 Å². The number of thiazole rings is 1. The van der Waals surface area contributed by atoms with Gasteiger partial charge in [-0.1, -0.05) is 11.6 Å². The zero-order valence-corrected chi connectivity index (χ0v) is 19.3. The Kier molecular flexibility index (Phi) is 6.07. The summed E-state index contributed by atoms with van der Waals surface area (Å²) in [4.78, 5) is 17.4. The molecule has 4 rings (SSSR count). The number of aryl methyl sites for hydroxylation is 2. The van der Waals surface area contributed by atoms with Crippen LogP contribution < -0.4 is 19.5 Å². The Morgan fingerprint density at radius 3 is 2.74 bits per heavy atom. The van der Waals surface area contributed by atoms with Gasteiger partial charge >= 0.3 is 0 Å². The Morgan fingerprint density at radius 1 is 1.26 bits per heavy atom. The normalized spacial score (nSPS) is 14.7. The number of carbonyl (C=O) groups excluding carboxylic acids is 1. The third-order valence-corrected chi connectivity index (χ3v) is 6.52. The number of nitrogens with zero attached hydrogens (tertiary/aromatic N) is 1. The molecular formula is C23H23ClN2O4S. The van der Waals surface area contributed by atoms with Crippen LogP contribution in [0.5, 0.6) is 17.2 Å². The van der Waals surface area contributed by atoms with Gasteiger partial charge in [0.25, 0.3) is 5.91 Å². The van der Waals surface area contributed by atoms with Gasteiger partial charge in [-0.15, -0.1) is 11.3 Å². The Morgan fingerprint density at radius 2 is 2.06 bits per heavy atom. The van der Waals surface area contributed by atoms with E-state index in [9.17, 15) is 4.79 Å². The Bertz CT molecular complexity index is 1140. The molecule has 6 nitrogen and oxygen atoms in total. The zero-order valence-electron chi connectivity index (χ0n) is 17.7. The fraction of sp³-hybridized carbons (Fsp3) is 0.304. The molecule has 0 unspecified atom stereocenters. The van der Waals surface area contributed by atoms with E-state index in [4.69, 9.17) is 25.8 Å². The van der Waals surface area contributed by atoms with Gasteiger partial charge < -0.3 is 19.5 Å². The Hall–Kier alpha value is -2.77. The predicted molar refractivity (Wildman–Crippen MR) is 122 cm³/mol. The van der Waals surface area contributed by atoms with Crippen LogP contribution in [-0.4, -0.2) is 37.8 Å². The van der Waals surface area contributed by atoms with E-state index in [0.29, 0.717) is 28.6 Å². The second kappa shape index (κ2) is 8.77. The third-order valence-electron chi connectivity index (χ3n) is 5.17. The van der Waals surface area contributed by atoms with E-state index in [1.807, 2.05) is 38.1 Å². The number of rotatable bonds is 6. The summed E-state index contributed by atoms with van der Waals surface area (Å²) >= 11 is 7.94. The molecule has 0 saturated heterocycles. The van der Waals surface area contributed by atoms with Crippen LogP contribution in [0.2, 0.25) is 5.02 Å². The van der Waals surface area contributed by atoms with Gasteiger partial charge in [0.2, 0.25) is 0 Å². The summed E-state index contributed by atoms with van der Waals surface area (Å²) in [6, 6.07) is 9.56. The molecule has 1 N–H and O–H groups in total. The van der Waals surface area contributed by atoms with E-state index in [1.165, 1.54) is 11.3 Å². The van der Waals surface area contributed by atoms with E-state index < -0.39 is 0 Å². The van der Waals surface area contributed by atoms with Crippen molar-refractivity contribution < 1.29 is 19.0 Å². The van der Waals surface area contributed by atoms with Crippen molar-refractivity contribution in [2.24, 2.45) is 0 Å². The minimum atomic E-state index is -0.187. The van der Waals surface area contributed by atoms with Crippen molar-refractivity contribution in [1.82, 2.24) is 10.3 Å². The van der Waals surface area contributed by atoms with Crippen LogP contribution in [0.25, 0.3) is 11.1 Å². The standard InChI is InChI=1S/C23H23ClN2O4S/c1-12-22(31-13(2)26-12)23(27)25-11-17-8-15-7-14(9-19(24)21(15)30-17)18-10-16(28-3)5-6-20(18)29-4/h5-7,9-10,17H,8,11H2,1-4H3,(H,25,27)/t17-/m0/s1. The maximum Gasteiger partial charge on any atom is 0.263 e. The molecule has 0 bridgehead atoms. The lowest BCUT2D eigenvalue weighted by molar-refractivity contribution is 0.0937. The average molecular weight is 459 g/mol. The molecule has 2 heterocycles. The summed E-state index contributed by atoms with van der Waals surface area (Å²) in [7, 11) is 3.26. The van der Waals surface area contributed by atoms with Crippen molar-refractivity contribution in [3.63, 3.8) is 0 Å². The molecule has 31 heavy (non-hydrogen) atoms. The quantitative estimate of drug-likeness (QED) is 0.572. The fourth-order valence-electron chi connectivity index (χ4n) is 3.73. The molecule has 1 aromatic heterocycles. The second-order valence-electron chi connectivity index (χ2n) is 7.31. The predicted octanol–water partition coefficient (Wildman–Crippen LogP) is 4.83. The first-order valence-corrected chi connectivity index (χ1v) is 11.0. The molecule has 0 radical (unpaired) electrons. The van der Waals surface area contributed by atoms with Crippen molar-refractivity contribution in [2.75, 3.05) is 20.8 Å². The number of methoxy groups -OCH3 is 2. The van der Waals surface area contributed by atoms with Gasteiger partial charge in [-0.3, -0.25) is 4.79 Å². The maximum absolute atomic E-state index is 12.5. The summed E-state index contributed by atoms with van der Waals surface area (Å²) < 4.78 is 16.9. The van der Waals surface area contributed by atoms with Gasteiger partial charge in [-0.05, 0) is 49.7 Å².